The molecule has 0 N–H and O–H groups in total. The first-order valence-corrected chi connectivity index (χ1v) is 10.9. The Bertz CT molecular complexity index is 797. The summed E-state index contributed by atoms with van der Waals surface area (Å²) < 4.78 is 2.17. The van der Waals surface area contributed by atoms with Gasteiger partial charge in [-0.15, -0.1) is 0 Å². The van der Waals surface area contributed by atoms with Crippen molar-refractivity contribution in [1.82, 2.24) is 19.6 Å². The van der Waals surface area contributed by atoms with E-state index >= 15 is 0 Å². The van der Waals surface area contributed by atoms with Crippen molar-refractivity contribution in [1.29, 1.82) is 0 Å². The Kier molecular flexibility index (Phi) is 5.36. The third-order valence-electron chi connectivity index (χ3n) is 6.29. The van der Waals surface area contributed by atoms with Crippen molar-refractivity contribution in [2.45, 2.75) is 77.5 Å². The average Bonchev–Trinajstić information content (AvgIpc) is 3.40. The number of rotatable bonds is 5. The van der Waals surface area contributed by atoms with Crippen molar-refractivity contribution in [2.24, 2.45) is 0 Å². The van der Waals surface area contributed by atoms with Gasteiger partial charge in [-0.1, -0.05) is 38.1 Å². The Balaban J connectivity index is 1.57. The Morgan fingerprint density at radius 2 is 1.86 bits per heavy atom. The first kappa shape index (κ1) is 19.7. The maximum absolute atomic E-state index is 4.59. The Morgan fingerprint density at radius 3 is 2.54 bits per heavy atom. The molecule has 0 spiro atoms. The summed E-state index contributed by atoms with van der Waals surface area (Å²) >= 11 is 0. The first-order chi connectivity index (χ1) is 13.3. The van der Waals surface area contributed by atoms with Gasteiger partial charge in [0, 0.05) is 49.5 Å². The van der Waals surface area contributed by atoms with E-state index in [2.05, 4.69) is 90.9 Å². The smallest absolute Gasteiger partial charge is 0.0534 e. The lowest BCUT2D eigenvalue weighted by Crippen LogP contribution is -2.55. The van der Waals surface area contributed by atoms with Gasteiger partial charge in [0.2, 0.25) is 0 Å². The molecule has 2 heterocycles. The molecule has 152 valence electrons. The summed E-state index contributed by atoms with van der Waals surface area (Å²) in [6.07, 6.45) is 6.93. The van der Waals surface area contributed by atoms with Crippen LogP contribution >= 0.6 is 0 Å². The third-order valence-corrected chi connectivity index (χ3v) is 6.29. The minimum Gasteiger partial charge on any atom is -0.296 e. The minimum absolute atomic E-state index is 0.164. The van der Waals surface area contributed by atoms with Crippen molar-refractivity contribution < 1.29 is 0 Å². The van der Waals surface area contributed by atoms with Crippen LogP contribution in [0, 0.1) is 0 Å². The van der Waals surface area contributed by atoms with E-state index in [1.54, 1.807) is 0 Å². The lowest BCUT2D eigenvalue weighted by molar-refractivity contribution is 0.00554. The quantitative estimate of drug-likeness (QED) is 0.730. The predicted octanol–water partition coefficient (Wildman–Crippen LogP) is 5.00. The number of hydrogen-bond acceptors (Lipinski definition) is 3. The molecule has 0 amide bonds. The molecule has 0 radical (unpaired) electrons. The molecule has 1 aromatic carbocycles. The molecule has 28 heavy (non-hydrogen) atoms. The fraction of sp³-hybridized carbons (Fsp3) is 0.625. The van der Waals surface area contributed by atoms with Gasteiger partial charge in [-0.05, 0) is 50.7 Å². The van der Waals surface area contributed by atoms with Crippen LogP contribution in [0.25, 0.3) is 0 Å². The van der Waals surface area contributed by atoms with Crippen LogP contribution in [-0.2, 0) is 6.54 Å². The third kappa shape index (κ3) is 4.18. The molecule has 4 nitrogen and oxygen atoms in total. The van der Waals surface area contributed by atoms with Crippen molar-refractivity contribution in [3.8, 4) is 0 Å². The van der Waals surface area contributed by atoms with Gasteiger partial charge >= 0.3 is 0 Å². The van der Waals surface area contributed by atoms with Gasteiger partial charge in [0.15, 0.2) is 0 Å². The van der Waals surface area contributed by atoms with Crippen LogP contribution in [-0.4, -0.2) is 44.8 Å². The molecule has 1 atom stereocenters. The maximum Gasteiger partial charge on any atom is 0.0534 e. The molecule has 2 aromatic rings. The number of hydrogen-bond donors (Lipinski definition) is 0. The summed E-state index contributed by atoms with van der Waals surface area (Å²) in [6.45, 7) is 16.0. The van der Waals surface area contributed by atoms with Crippen LogP contribution in [0.3, 0.4) is 0 Å². The highest BCUT2D eigenvalue weighted by Gasteiger charge is 2.36. The van der Waals surface area contributed by atoms with Crippen LogP contribution in [0.1, 0.15) is 82.2 Å². The Labute approximate surface area is 170 Å². The molecule has 2 aliphatic rings. The lowest BCUT2D eigenvalue weighted by atomic mass is 9.88. The van der Waals surface area contributed by atoms with Gasteiger partial charge in [-0.25, -0.2) is 0 Å². The zero-order valence-corrected chi connectivity index (χ0v) is 18.2. The zero-order chi connectivity index (χ0) is 19.9. The first-order valence-electron chi connectivity index (χ1n) is 10.9. The van der Waals surface area contributed by atoms with Crippen LogP contribution in [0.4, 0.5) is 0 Å². The molecule has 1 aromatic heterocycles. The Hall–Kier alpha value is -1.65. The number of benzene rings is 1. The standard InChI is InChI=1S/C24H36N4/c1-18(2)21-8-6-7-9-22(21)23-17-26(12-13-27(23)24(3,4)5)15-19-14-25-28(16-19)20-10-11-20/h6-9,14,16,18,20,23H,10-13,15,17H2,1-5H3. The normalized spacial score (nSPS) is 22.1. The predicted molar refractivity (Wildman–Crippen MR) is 116 cm³/mol. The van der Waals surface area contributed by atoms with E-state index in [-0.39, 0.29) is 5.54 Å². The van der Waals surface area contributed by atoms with E-state index < -0.39 is 0 Å². The molecule has 1 aliphatic heterocycles. The van der Waals surface area contributed by atoms with Gasteiger partial charge in [0.1, 0.15) is 0 Å². The molecule has 2 fully saturated rings. The van der Waals surface area contributed by atoms with E-state index in [1.165, 1.54) is 29.5 Å². The summed E-state index contributed by atoms with van der Waals surface area (Å²) in [5, 5.41) is 4.59. The minimum atomic E-state index is 0.164. The summed E-state index contributed by atoms with van der Waals surface area (Å²) in [5.74, 6) is 0.546. The molecular formula is C24H36N4. The molecule has 4 rings (SSSR count). The molecule has 1 saturated carbocycles. The van der Waals surface area contributed by atoms with E-state index in [4.69, 9.17) is 0 Å². The highest BCUT2D eigenvalue weighted by molar-refractivity contribution is 5.33. The van der Waals surface area contributed by atoms with Gasteiger partial charge in [0.05, 0.1) is 12.2 Å². The fourth-order valence-corrected chi connectivity index (χ4v) is 4.65. The molecular weight excluding hydrogens is 344 g/mol. The SMILES string of the molecule is CC(C)c1ccccc1C1CN(Cc2cnn(C3CC3)c2)CCN1C(C)(C)C. The second-order valence-corrected chi connectivity index (χ2v) is 9.96. The lowest BCUT2D eigenvalue weighted by Gasteiger charge is -2.48. The zero-order valence-electron chi connectivity index (χ0n) is 18.2. The van der Waals surface area contributed by atoms with E-state index in [0.29, 0.717) is 18.0 Å². The summed E-state index contributed by atoms with van der Waals surface area (Å²) in [6, 6.07) is 10.2. The summed E-state index contributed by atoms with van der Waals surface area (Å²) in [5.41, 5.74) is 4.51. The highest BCUT2D eigenvalue weighted by atomic mass is 15.3. The van der Waals surface area contributed by atoms with E-state index in [0.717, 1.165) is 26.2 Å². The van der Waals surface area contributed by atoms with Crippen molar-refractivity contribution in [3.05, 3.63) is 53.3 Å². The number of aromatic nitrogens is 2. The molecule has 4 heteroatoms. The fourth-order valence-electron chi connectivity index (χ4n) is 4.65. The summed E-state index contributed by atoms with van der Waals surface area (Å²) in [4.78, 5) is 5.33. The van der Waals surface area contributed by atoms with Crippen molar-refractivity contribution in [3.63, 3.8) is 0 Å². The summed E-state index contributed by atoms with van der Waals surface area (Å²) in [7, 11) is 0. The van der Waals surface area contributed by atoms with Crippen LogP contribution in [0.2, 0.25) is 0 Å². The van der Waals surface area contributed by atoms with Crippen molar-refractivity contribution in [2.75, 3.05) is 19.6 Å². The van der Waals surface area contributed by atoms with Gasteiger partial charge in [-0.3, -0.25) is 14.5 Å². The number of piperazine rings is 1. The largest absolute Gasteiger partial charge is 0.296 e. The van der Waals surface area contributed by atoms with Crippen molar-refractivity contribution >= 4 is 0 Å². The second-order valence-electron chi connectivity index (χ2n) is 9.96. The number of nitrogens with zero attached hydrogens (tertiary/aromatic N) is 4. The molecule has 1 aliphatic carbocycles. The topological polar surface area (TPSA) is 24.3 Å². The van der Waals surface area contributed by atoms with Gasteiger partial charge < -0.3 is 0 Å². The van der Waals surface area contributed by atoms with Crippen LogP contribution in [0.5, 0.6) is 0 Å². The average molecular weight is 381 g/mol. The van der Waals surface area contributed by atoms with Crippen LogP contribution in [0.15, 0.2) is 36.7 Å². The molecule has 1 saturated heterocycles. The second kappa shape index (κ2) is 7.64. The highest BCUT2D eigenvalue weighted by Crippen LogP contribution is 2.37. The Morgan fingerprint density at radius 1 is 1.11 bits per heavy atom. The van der Waals surface area contributed by atoms with Gasteiger partial charge in [-0.2, -0.15) is 5.10 Å². The molecule has 0 bridgehead atoms. The van der Waals surface area contributed by atoms with Crippen LogP contribution < -0.4 is 0 Å². The maximum atomic E-state index is 4.59. The monoisotopic (exact) mass is 380 g/mol. The van der Waals surface area contributed by atoms with E-state index in [9.17, 15) is 0 Å². The van der Waals surface area contributed by atoms with Gasteiger partial charge in [0.25, 0.3) is 0 Å². The van der Waals surface area contributed by atoms with E-state index in [1.807, 2.05) is 0 Å². The molecule has 1 unspecified atom stereocenters.